The Balaban J connectivity index is 2.30. The molecule has 104 valence electrons. The molecule has 0 aliphatic rings. The summed E-state index contributed by atoms with van der Waals surface area (Å²) in [6.07, 6.45) is 3.47. The van der Waals surface area contributed by atoms with Gasteiger partial charge >= 0.3 is 5.97 Å². The second-order valence-corrected chi connectivity index (χ2v) is 4.62. The highest BCUT2D eigenvalue weighted by molar-refractivity contribution is 6.03. The smallest absolute Gasteiger partial charge is 0.336 e. The first kappa shape index (κ1) is 13.1. The van der Waals surface area contributed by atoms with Gasteiger partial charge in [0.05, 0.1) is 12.7 Å². The van der Waals surface area contributed by atoms with E-state index in [0.29, 0.717) is 11.3 Å². The van der Waals surface area contributed by atoms with E-state index in [1.807, 2.05) is 24.3 Å². The molecule has 0 saturated carbocycles. The first-order chi connectivity index (χ1) is 10.2. The number of methoxy groups -OCH3 is 1. The molecule has 0 aliphatic heterocycles. The minimum absolute atomic E-state index is 0.221. The lowest BCUT2D eigenvalue weighted by molar-refractivity contribution is 0.0697. The molecule has 0 bridgehead atoms. The number of fused-ring (bicyclic) bond motifs is 1. The molecule has 4 heteroatoms. The second-order valence-electron chi connectivity index (χ2n) is 4.62. The average Bonchev–Trinajstić information content (AvgIpc) is 2.53. The number of carboxylic acids is 1. The van der Waals surface area contributed by atoms with E-state index in [1.165, 1.54) is 13.2 Å². The molecule has 1 heterocycles. The van der Waals surface area contributed by atoms with Crippen LogP contribution in [0.2, 0.25) is 0 Å². The van der Waals surface area contributed by atoms with E-state index < -0.39 is 5.97 Å². The standard InChI is InChI=1S/C17H13NO3/c1-21-12-5-6-15(16(9-12)17(19)20)14-4-2-3-11-10-18-8-7-13(11)14/h2-10H,1H3,(H,19,20). The molecule has 0 aliphatic carbocycles. The Morgan fingerprint density at radius 3 is 2.76 bits per heavy atom. The van der Waals surface area contributed by atoms with Crippen LogP contribution in [0, 0.1) is 0 Å². The van der Waals surface area contributed by atoms with Crippen molar-refractivity contribution in [1.29, 1.82) is 0 Å². The van der Waals surface area contributed by atoms with Crippen molar-refractivity contribution >= 4 is 16.7 Å². The lowest BCUT2D eigenvalue weighted by atomic mass is 9.95. The summed E-state index contributed by atoms with van der Waals surface area (Å²) >= 11 is 0. The van der Waals surface area contributed by atoms with Crippen molar-refractivity contribution in [2.75, 3.05) is 7.11 Å². The maximum atomic E-state index is 11.5. The second kappa shape index (κ2) is 5.25. The Morgan fingerprint density at radius 2 is 2.00 bits per heavy atom. The molecule has 3 rings (SSSR count). The number of aromatic nitrogens is 1. The average molecular weight is 279 g/mol. The zero-order valence-corrected chi connectivity index (χ0v) is 11.4. The fourth-order valence-electron chi connectivity index (χ4n) is 2.42. The summed E-state index contributed by atoms with van der Waals surface area (Å²) in [6.45, 7) is 0. The molecule has 0 fully saturated rings. The van der Waals surface area contributed by atoms with Crippen LogP contribution in [0.1, 0.15) is 10.4 Å². The SMILES string of the molecule is COc1ccc(-c2cccc3cnccc23)c(C(=O)O)c1. The lowest BCUT2D eigenvalue weighted by Gasteiger charge is -2.11. The van der Waals surface area contributed by atoms with Crippen molar-refractivity contribution in [3.63, 3.8) is 0 Å². The first-order valence-electron chi connectivity index (χ1n) is 6.45. The summed E-state index contributed by atoms with van der Waals surface area (Å²) in [5.41, 5.74) is 1.76. The van der Waals surface area contributed by atoms with Crippen LogP contribution >= 0.6 is 0 Å². The molecule has 1 aromatic heterocycles. The van der Waals surface area contributed by atoms with Gasteiger partial charge < -0.3 is 9.84 Å². The molecule has 0 radical (unpaired) electrons. The fourth-order valence-corrected chi connectivity index (χ4v) is 2.42. The molecular weight excluding hydrogens is 266 g/mol. The van der Waals surface area contributed by atoms with Gasteiger partial charge in [0.15, 0.2) is 0 Å². The number of nitrogens with zero attached hydrogens (tertiary/aromatic N) is 1. The van der Waals surface area contributed by atoms with Gasteiger partial charge in [-0.3, -0.25) is 4.98 Å². The molecule has 3 aromatic rings. The molecule has 0 saturated heterocycles. The van der Waals surface area contributed by atoms with Crippen LogP contribution in [0.25, 0.3) is 21.9 Å². The van der Waals surface area contributed by atoms with Gasteiger partial charge in [-0.1, -0.05) is 18.2 Å². The van der Waals surface area contributed by atoms with Gasteiger partial charge in [-0.05, 0) is 40.8 Å². The Bertz CT molecular complexity index is 822. The van der Waals surface area contributed by atoms with Crippen molar-refractivity contribution in [2.24, 2.45) is 0 Å². The van der Waals surface area contributed by atoms with Crippen molar-refractivity contribution in [1.82, 2.24) is 4.98 Å². The highest BCUT2D eigenvalue weighted by Gasteiger charge is 2.14. The zero-order valence-electron chi connectivity index (χ0n) is 11.4. The summed E-state index contributed by atoms with van der Waals surface area (Å²) in [6, 6.07) is 12.7. The fraction of sp³-hybridized carbons (Fsp3) is 0.0588. The van der Waals surface area contributed by atoms with E-state index >= 15 is 0 Å². The molecular formula is C17H13NO3. The van der Waals surface area contributed by atoms with Crippen LogP contribution in [0.5, 0.6) is 5.75 Å². The highest BCUT2D eigenvalue weighted by atomic mass is 16.5. The van der Waals surface area contributed by atoms with Crippen molar-refractivity contribution in [3.8, 4) is 16.9 Å². The van der Waals surface area contributed by atoms with Gasteiger partial charge in [0.25, 0.3) is 0 Å². The summed E-state index contributed by atoms with van der Waals surface area (Å²) in [5.74, 6) is -0.451. The predicted molar refractivity (Wildman–Crippen MR) is 80.7 cm³/mol. The number of rotatable bonds is 3. The van der Waals surface area contributed by atoms with Gasteiger partial charge in [0.1, 0.15) is 5.75 Å². The van der Waals surface area contributed by atoms with Crippen LogP contribution in [-0.2, 0) is 0 Å². The van der Waals surface area contributed by atoms with Gasteiger partial charge in [-0.15, -0.1) is 0 Å². The normalized spacial score (nSPS) is 10.5. The molecule has 0 atom stereocenters. The van der Waals surface area contributed by atoms with E-state index in [0.717, 1.165) is 16.3 Å². The third-order valence-corrected chi connectivity index (χ3v) is 3.43. The van der Waals surface area contributed by atoms with Gasteiger partial charge in [0.2, 0.25) is 0 Å². The number of hydrogen-bond acceptors (Lipinski definition) is 3. The van der Waals surface area contributed by atoms with Crippen molar-refractivity contribution in [3.05, 3.63) is 60.4 Å². The summed E-state index contributed by atoms with van der Waals surface area (Å²) in [7, 11) is 1.52. The Hall–Kier alpha value is -2.88. The van der Waals surface area contributed by atoms with E-state index in [9.17, 15) is 9.90 Å². The van der Waals surface area contributed by atoms with Crippen LogP contribution in [-0.4, -0.2) is 23.2 Å². The Kier molecular flexibility index (Phi) is 3.28. The predicted octanol–water partition coefficient (Wildman–Crippen LogP) is 3.61. The molecule has 1 N–H and O–H groups in total. The third-order valence-electron chi connectivity index (χ3n) is 3.43. The highest BCUT2D eigenvalue weighted by Crippen LogP contribution is 2.32. The molecule has 0 amide bonds. The van der Waals surface area contributed by atoms with Crippen molar-refractivity contribution in [2.45, 2.75) is 0 Å². The van der Waals surface area contributed by atoms with Gasteiger partial charge in [-0.2, -0.15) is 0 Å². The van der Waals surface area contributed by atoms with Crippen LogP contribution < -0.4 is 4.74 Å². The number of pyridine rings is 1. The van der Waals surface area contributed by atoms with E-state index in [-0.39, 0.29) is 5.56 Å². The van der Waals surface area contributed by atoms with Crippen LogP contribution in [0.4, 0.5) is 0 Å². The molecule has 4 nitrogen and oxygen atoms in total. The lowest BCUT2D eigenvalue weighted by Crippen LogP contribution is -2.00. The quantitative estimate of drug-likeness (QED) is 0.795. The Labute approximate surface area is 121 Å². The van der Waals surface area contributed by atoms with Gasteiger partial charge in [0, 0.05) is 17.8 Å². The van der Waals surface area contributed by atoms with Gasteiger partial charge in [-0.25, -0.2) is 4.79 Å². The summed E-state index contributed by atoms with van der Waals surface area (Å²) in [4.78, 5) is 15.6. The molecule has 21 heavy (non-hydrogen) atoms. The summed E-state index contributed by atoms with van der Waals surface area (Å²) < 4.78 is 5.11. The monoisotopic (exact) mass is 279 g/mol. The number of carboxylic acid groups (broad SMARTS) is 1. The molecule has 0 unspecified atom stereocenters. The van der Waals surface area contributed by atoms with Crippen LogP contribution in [0.15, 0.2) is 54.9 Å². The zero-order chi connectivity index (χ0) is 14.8. The Morgan fingerprint density at radius 1 is 1.14 bits per heavy atom. The maximum absolute atomic E-state index is 11.5. The van der Waals surface area contributed by atoms with Crippen LogP contribution in [0.3, 0.4) is 0 Å². The topological polar surface area (TPSA) is 59.4 Å². The molecule has 0 spiro atoms. The van der Waals surface area contributed by atoms with E-state index in [4.69, 9.17) is 4.74 Å². The minimum Gasteiger partial charge on any atom is -0.497 e. The minimum atomic E-state index is -0.977. The number of ether oxygens (including phenoxy) is 1. The molecule has 2 aromatic carbocycles. The number of aromatic carboxylic acids is 1. The van der Waals surface area contributed by atoms with E-state index in [2.05, 4.69) is 4.98 Å². The number of hydrogen-bond donors (Lipinski definition) is 1. The van der Waals surface area contributed by atoms with E-state index in [1.54, 1.807) is 24.5 Å². The largest absolute Gasteiger partial charge is 0.497 e. The number of carbonyl (C=O) groups is 1. The first-order valence-corrected chi connectivity index (χ1v) is 6.45. The maximum Gasteiger partial charge on any atom is 0.336 e. The summed E-state index contributed by atoms with van der Waals surface area (Å²) in [5, 5.41) is 11.4. The van der Waals surface area contributed by atoms with Crippen molar-refractivity contribution < 1.29 is 14.6 Å². The third kappa shape index (κ3) is 2.31. The number of benzene rings is 2.